The molecule has 0 aliphatic heterocycles. The van der Waals surface area contributed by atoms with Crippen molar-refractivity contribution in [3.05, 3.63) is 29.6 Å². The zero-order chi connectivity index (χ0) is 10.6. The highest BCUT2D eigenvalue weighted by atomic mass is 15.1. The molecule has 0 aliphatic carbocycles. The van der Waals surface area contributed by atoms with E-state index in [1.54, 1.807) is 0 Å². The lowest BCUT2D eigenvalue weighted by Crippen LogP contribution is -2.32. The minimum absolute atomic E-state index is 0.212. The molecule has 0 saturated heterocycles. The van der Waals surface area contributed by atoms with Crippen molar-refractivity contribution in [1.82, 2.24) is 9.88 Å². The molecule has 1 rings (SSSR count). The molecule has 1 unspecified atom stereocenters. The van der Waals surface area contributed by atoms with Crippen molar-refractivity contribution in [2.75, 3.05) is 13.6 Å². The van der Waals surface area contributed by atoms with Crippen LogP contribution in [0.25, 0.3) is 0 Å². The molecule has 14 heavy (non-hydrogen) atoms. The second-order valence-electron chi connectivity index (χ2n) is 3.94. The van der Waals surface area contributed by atoms with Crippen LogP contribution in [0.15, 0.2) is 18.3 Å². The normalized spacial score (nSPS) is 13.2. The first kappa shape index (κ1) is 11.1. The van der Waals surface area contributed by atoms with Crippen LogP contribution < -0.4 is 5.73 Å². The van der Waals surface area contributed by atoms with Gasteiger partial charge in [-0.1, -0.05) is 6.07 Å². The number of rotatable bonds is 4. The number of nitrogens with zero attached hydrogens (tertiary/aromatic N) is 2. The summed E-state index contributed by atoms with van der Waals surface area (Å²) in [7, 11) is 2.07. The fraction of sp³-hybridized carbons (Fsp3) is 0.545. The molecule has 78 valence electrons. The summed E-state index contributed by atoms with van der Waals surface area (Å²) in [5, 5.41) is 0. The molecule has 1 atom stereocenters. The average molecular weight is 193 g/mol. The molecule has 0 aromatic carbocycles. The minimum atomic E-state index is 0.212. The molecular weight excluding hydrogens is 174 g/mol. The maximum Gasteiger partial charge on any atom is 0.0572 e. The molecule has 2 N–H and O–H groups in total. The first-order valence-corrected chi connectivity index (χ1v) is 4.94. The van der Waals surface area contributed by atoms with E-state index in [0.29, 0.717) is 0 Å². The van der Waals surface area contributed by atoms with E-state index < -0.39 is 0 Å². The van der Waals surface area contributed by atoms with E-state index in [0.717, 1.165) is 18.8 Å². The summed E-state index contributed by atoms with van der Waals surface area (Å²) in [5.74, 6) is 0. The fourth-order valence-electron chi connectivity index (χ4n) is 1.50. The number of likely N-dealkylation sites (N-methyl/N-ethyl adjacent to an activating group) is 1. The van der Waals surface area contributed by atoms with Gasteiger partial charge in [-0.05, 0) is 32.5 Å². The van der Waals surface area contributed by atoms with Gasteiger partial charge in [0, 0.05) is 25.3 Å². The van der Waals surface area contributed by atoms with Crippen molar-refractivity contribution in [1.29, 1.82) is 0 Å². The Kier molecular flexibility index (Phi) is 4.04. The van der Waals surface area contributed by atoms with Crippen LogP contribution in [0.3, 0.4) is 0 Å². The summed E-state index contributed by atoms with van der Waals surface area (Å²) in [6, 6.07) is 4.26. The third-order valence-electron chi connectivity index (χ3n) is 2.14. The molecule has 1 aromatic rings. The van der Waals surface area contributed by atoms with Crippen molar-refractivity contribution in [3.8, 4) is 0 Å². The number of hydrogen-bond donors (Lipinski definition) is 1. The summed E-state index contributed by atoms with van der Waals surface area (Å²) in [5.41, 5.74) is 8.10. The van der Waals surface area contributed by atoms with Gasteiger partial charge in [0.1, 0.15) is 0 Å². The fourth-order valence-corrected chi connectivity index (χ4v) is 1.50. The summed E-state index contributed by atoms with van der Waals surface area (Å²) < 4.78 is 0. The lowest BCUT2D eigenvalue weighted by atomic mass is 10.2. The predicted molar refractivity (Wildman–Crippen MR) is 59.0 cm³/mol. The Morgan fingerprint density at radius 3 is 2.86 bits per heavy atom. The van der Waals surface area contributed by atoms with E-state index >= 15 is 0 Å². The van der Waals surface area contributed by atoms with Gasteiger partial charge in [-0.15, -0.1) is 0 Å². The molecule has 0 radical (unpaired) electrons. The first-order valence-electron chi connectivity index (χ1n) is 4.94. The van der Waals surface area contributed by atoms with Crippen LogP contribution in [0.1, 0.15) is 18.2 Å². The van der Waals surface area contributed by atoms with E-state index in [1.165, 1.54) is 5.56 Å². The van der Waals surface area contributed by atoms with Gasteiger partial charge in [0.15, 0.2) is 0 Å². The van der Waals surface area contributed by atoms with E-state index in [9.17, 15) is 0 Å². The van der Waals surface area contributed by atoms with Gasteiger partial charge in [-0.2, -0.15) is 0 Å². The molecule has 0 fully saturated rings. The van der Waals surface area contributed by atoms with Crippen LogP contribution in [-0.2, 0) is 6.54 Å². The monoisotopic (exact) mass is 193 g/mol. The smallest absolute Gasteiger partial charge is 0.0572 e. The van der Waals surface area contributed by atoms with Gasteiger partial charge in [0.05, 0.1) is 5.69 Å². The van der Waals surface area contributed by atoms with Crippen LogP contribution in [-0.4, -0.2) is 29.5 Å². The van der Waals surface area contributed by atoms with Gasteiger partial charge in [0.25, 0.3) is 0 Å². The molecule has 0 amide bonds. The average Bonchev–Trinajstić information content (AvgIpc) is 2.07. The van der Waals surface area contributed by atoms with Crippen LogP contribution in [0.4, 0.5) is 0 Å². The maximum absolute atomic E-state index is 5.72. The summed E-state index contributed by atoms with van der Waals surface area (Å²) in [6.45, 7) is 5.87. The zero-order valence-corrected chi connectivity index (χ0v) is 9.20. The number of hydrogen-bond acceptors (Lipinski definition) is 3. The Balaban J connectivity index is 2.56. The van der Waals surface area contributed by atoms with Crippen molar-refractivity contribution >= 4 is 0 Å². The highest BCUT2D eigenvalue weighted by Crippen LogP contribution is 2.05. The topological polar surface area (TPSA) is 42.2 Å². The summed E-state index contributed by atoms with van der Waals surface area (Å²) in [6.07, 6.45) is 1.84. The zero-order valence-electron chi connectivity index (χ0n) is 9.20. The summed E-state index contributed by atoms with van der Waals surface area (Å²) >= 11 is 0. The largest absolute Gasteiger partial charge is 0.327 e. The van der Waals surface area contributed by atoms with Gasteiger partial charge in [-0.25, -0.2) is 0 Å². The Labute approximate surface area is 85.9 Å². The Hall–Kier alpha value is -0.930. The second-order valence-corrected chi connectivity index (χ2v) is 3.94. The van der Waals surface area contributed by atoms with Gasteiger partial charge < -0.3 is 5.73 Å². The van der Waals surface area contributed by atoms with Crippen molar-refractivity contribution in [3.63, 3.8) is 0 Å². The lowest BCUT2D eigenvalue weighted by Gasteiger charge is -2.19. The standard InChI is InChI=1S/C11H19N3/c1-9-5-4-6-13-11(9)8-14(3)7-10(2)12/h4-6,10H,7-8,12H2,1-3H3. The molecule has 3 heteroatoms. The number of aryl methyl sites for hydroxylation is 1. The minimum Gasteiger partial charge on any atom is -0.327 e. The Morgan fingerprint density at radius 1 is 1.57 bits per heavy atom. The van der Waals surface area contributed by atoms with Gasteiger partial charge in [0.2, 0.25) is 0 Å². The second kappa shape index (κ2) is 5.08. The lowest BCUT2D eigenvalue weighted by molar-refractivity contribution is 0.306. The Morgan fingerprint density at radius 2 is 2.29 bits per heavy atom. The van der Waals surface area contributed by atoms with Crippen molar-refractivity contribution in [2.45, 2.75) is 26.4 Å². The quantitative estimate of drug-likeness (QED) is 0.780. The maximum atomic E-state index is 5.72. The van der Waals surface area contributed by atoms with Crippen LogP contribution >= 0.6 is 0 Å². The van der Waals surface area contributed by atoms with Crippen LogP contribution in [0, 0.1) is 6.92 Å². The molecule has 3 nitrogen and oxygen atoms in total. The highest BCUT2D eigenvalue weighted by Gasteiger charge is 2.05. The van der Waals surface area contributed by atoms with E-state index in [-0.39, 0.29) is 6.04 Å². The Bertz CT molecular complexity index is 284. The molecule has 0 saturated carbocycles. The van der Waals surface area contributed by atoms with Gasteiger partial charge in [-0.3, -0.25) is 9.88 Å². The van der Waals surface area contributed by atoms with Crippen LogP contribution in [0.5, 0.6) is 0 Å². The number of aromatic nitrogens is 1. The molecule has 0 aliphatic rings. The van der Waals surface area contributed by atoms with E-state index in [4.69, 9.17) is 5.73 Å². The van der Waals surface area contributed by atoms with E-state index in [1.807, 2.05) is 19.2 Å². The van der Waals surface area contributed by atoms with Gasteiger partial charge >= 0.3 is 0 Å². The molecule has 1 aromatic heterocycles. The first-order chi connectivity index (χ1) is 6.59. The summed E-state index contributed by atoms with van der Waals surface area (Å²) in [4.78, 5) is 6.54. The van der Waals surface area contributed by atoms with E-state index in [2.05, 4.69) is 29.9 Å². The number of pyridine rings is 1. The molecular formula is C11H19N3. The SMILES string of the molecule is Cc1cccnc1CN(C)CC(C)N. The van der Waals surface area contributed by atoms with Crippen LogP contribution in [0.2, 0.25) is 0 Å². The molecule has 0 spiro atoms. The van der Waals surface area contributed by atoms with Crippen molar-refractivity contribution in [2.24, 2.45) is 5.73 Å². The van der Waals surface area contributed by atoms with Crippen molar-refractivity contribution < 1.29 is 0 Å². The third-order valence-corrected chi connectivity index (χ3v) is 2.14. The highest BCUT2D eigenvalue weighted by molar-refractivity contribution is 5.17. The predicted octanol–water partition coefficient (Wildman–Crippen LogP) is 1.17. The third kappa shape index (κ3) is 3.44. The number of nitrogens with two attached hydrogens (primary N) is 1. The molecule has 1 heterocycles. The molecule has 0 bridgehead atoms.